The van der Waals surface area contributed by atoms with E-state index in [1.165, 1.54) is 7.11 Å². The van der Waals surface area contributed by atoms with Crippen molar-refractivity contribution in [3.8, 4) is 11.3 Å². The second-order valence-corrected chi connectivity index (χ2v) is 6.25. The summed E-state index contributed by atoms with van der Waals surface area (Å²) in [6.07, 6.45) is -4.25. The molecule has 134 valence electrons. The number of benzene rings is 1. The summed E-state index contributed by atoms with van der Waals surface area (Å²) in [5, 5.41) is 0. The highest BCUT2D eigenvalue weighted by atomic mass is 19.4. The lowest BCUT2D eigenvalue weighted by Gasteiger charge is -2.21. The Morgan fingerprint density at radius 3 is 2.48 bits per heavy atom. The van der Waals surface area contributed by atoms with Crippen LogP contribution in [-0.2, 0) is 22.1 Å². The third-order valence-corrected chi connectivity index (χ3v) is 3.64. The van der Waals surface area contributed by atoms with E-state index in [1.54, 1.807) is 38.1 Å². The zero-order chi connectivity index (χ0) is 18.8. The Morgan fingerprint density at radius 1 is 1.20 bits per heavy atom. The van der Waals surface area contributed by atoms with Gasteiger partial charge in [0.05, 0.1) is 18.2 Å². The van der Waals surface area contributed by atoms with Gasteiger partial charge in [0.15, 0.2) is 5.69 Å². The first-order chi connectivity index (χ1) is 11.5. The molecule has 0 aliphatic rings. The van der Waals surface area contributed by atoms with E-state index >= 15 is 0 Å². The highest BCUT2D eigenvalue weighted by Gasteiger charge is 2.34. The van der Waals surface area contributed by atoms with Crippen molar-refractivity contribution in [1.29, 1.82) is 0 Å². The average molecular weight is 353 g/mol. The molecule has 0 saturated heterocycles. The molecule has 0 atom stereocenters. The summed E-state index contributed by atoms with van der Waals surface area (Å²) < 4.78 is 43.5. The van der Waals surface area contributed by atoms with Gasteiger partial charge in [0.2, 0.25) is 5.95 Å². The molecule has 0 fully saturated rings. The standard InChI is InChI=1S/C17H18F3N3O2/c1-16(2,14(24)25-3)9-10-5-4-6-11(7-10)12-8-13(17(18,19)20)23-15(21)22-12/h4-8H,9H2,1-3H3,(H2,21,22,23). The maximum Gasteiger partial charge on any atom is 0.433 e. The summed E-state index contributed by atoms with van der Waals surface area (Å²) >= 11 is 0. The maximum absolute atomic E-state index is 12.9. The minimum Gasteiger partial charge on any atom is -0.469 e. The molecule has 1 heterocycles. The Hall–Kier alpha value is -2.64. The fraction of sp³-hybridized carbons (Fsp3) is 0.353. The maximum atomic E-state index is 12.9. The molecule has 0 saturated carbocycles. The van der Waals surface area contributed by atoms with Gasteiger partial charge in [-0.3, -0.25) is 4.79 Å². The largest absolute Gasteiger partial charge is 0.469 e. The lowest BCUT2D eigenvalue weighted by molar-refractivity contribution is -0.150. The first kappa shape index (κ1) is 18.7. The number of nitrogens with zero attached hydrogens (tertiary/aromatic N) is 2. The molecule has 1 aromatic carbocycles. The van der Waals surface area contributed by atoms with Gasteiger partial charge < -0.3 is 10.5 Å². The highest BCUT2D eigenvalue weighted by Crippen LogP contribution is 2.31. The SMILES string of the molecule is COC(=O)C(C)(C)Cc1cccc(-c2cc(C(F)(F)F)nc(N)n2)c1. The predicted molar refractivity (Wildman–Crippen MR) is 86.4 cm³/mol. The monoisotopic (exact) mass is 353 g/mol. The van der Waals surface area contributed by atoms with Crippen molar-refractivity contribution in [1.82, 2.24) is 9.97 Å². The number of aromatic nitrogens is 2. The fourth-order valence-corrected chi connectivity index (χ4v) is 2.46. The van der Waals surface area contributed by atoms with Crippen LogP contribution in [0.5, 0.6) is 0 Å². The van der Waals surface area contributed by atoms with Crippen molar-refractivity contribution in [3.05, 3.63) is 41.6 Å². The van der Waals surface area contributed by atoms with Gasteiger partial charge in [0, 0.05) is 5.56 Å². The van der Waals surface area contributed by atoms with Crippen LogP contribution >= 0.6 is 0 Å². The molecule has 8 heteroatoms. The van der Waals surface area contributed by atoms with Crippen LogP contribution in [0, 0.1) is 5.41 Å². The number of nitrogen functional groups attached to an aromatic ring is 1. The van der Waals surface area contributed by atoms with Crippen molar-refractivity contribution in [2.45, 2.75) is 26.4 Å². The molecule has 0 aliphatic carbocycles. The van der Waals surface area contributed by atoms with Crippen LogP contribution in [0.1, 0.15) is 25.1 Å². The van der Waals surface area contributed by atoms with Gasteiger partial charge in [-0.2, -0.15) is 13.2 Å². The lowest BCUT2D eigenvalue weighted by Crippen LogP contribution is -2.27. The number of esters is 1. The average Bonchev–Trinajstić information content (AvgIpc) is 2.52. The van der Waals surface area contributed by atoms with Crippen molar-refractivity contribution >= 4 is 11.9 Å². The minimum atomic E-state index is -4.61. The molecule has 0 spiro atoms. The van der Waals surface area contributed by atoms with Gasteiger partial charge in [0.1, 0.15) is 0 Å². The molecule has 2 rings (SSSR count). The minimum absolute atomic E-state index is 0.0672. The molecule has 0 aliphatic heterocycles. The van der Waals surface area contributed by atoms with Crippen LogP contribution in [0.25, 0.3) is 11.3 Å². The van der Waals surface area contributed by atoms with E-state index in [4.69, 9.17) is 10.5 Å². The van der Waals surface area contributed by atoms with Gasteiger partial charge in [-0.1, -0.05) is 18.2 Å². The normalized spacial score (nSPS) is 12.1. The number of ether oxygens (including phenoxy) is 1. The first-order valence-electron chi connectivity index (χ1n) is 7.42. The third kappa shape index (κ3) is 4.46. The van der Waals surface area contributed by atoms with Gasteiger partial charge >= 0.3 is 12.1 Å². The number of anilines is 1. The van der Waals surface area contributed by atoms with Gasteiger partial charge in [-0.05, 0) is 38.0 Å². The van der Waals surface area contributed by atoms with Crippen LogP contribution in [-0.4, -0.2) is 23.0 Å². The molecular weight excluding hydrogens is 335 g/mol. The van der Waals surface area contributed by atoms with E-state index in [9.17, 15) is 18.0 Å². The molecule has 1 aromatic heterocycles. The Balaban J connectivity index is 2.40. The van der Waals surface area contributed by atoms with Crippen LogP contribution in [0.4, 0.5) is 19.1 Å². The molecule has 5 nitrogen and oxygen atoms in total. The van der Waals surface area contributed by atoms with Crippen molar-refractivity contribution < 1.29 is 22.7 Å². The zero-order valence-corrected chi connectivity index (χ0v) is 14.0. The first-order valence-corrected chi connectivity index (χ1v) is 7.42. The van der Waals surface area contributed by atoms with Crippen LogP contribution in [0.2, 0.25) is 0 Å². The molecular formula is C17H18F3N3O2. The number of halogens is 3. The predicted octanol–water partition coefficient (Wildman–Crippen LogP) is 3.49. The molecule has 0 amide bonds. The highest BCUT2D eigenvalue weighted by molar-refractivity contribution is 5.76. The van der Waals surface area contributed by atoms with E-state index in [2.05, 4.69) is 9.97 Å². The topological polar surface area (TPSA) is 78.1 Å². The second kappa shape index (κ2) is 6.70. The molecule has 2 aromatic rings. The van der Waals surface area contributed by atoms with Crippen molar-refractivity contribution in [2.75, 3.05) is 12.8 Å². The third-order valence-electron chi connectivity index (χ3n) is 3.64. The summed E-state index contributed by atoms with van der Waals surface area (Å²) in [7, 11) is 1.31. The summed E-state index contributed by atoms with van der Waals surface area (Å²) in [6, 6.07) is 7.61. The molecule has 0 bridgehead atoms. The fourth-order valence-electron chi connectivity index (χ4n) is 2.46. The number of carbonyl (C=O) groups excluding carboxylic acids is 1. The quantitative estimate of drug-likeness (QED) is 0.852. The van der Waals surface area contributed by atoms with Gasteiger partial charge in [-0.15, -0.1) is 0 Å². The molecule has 25 heavy (non-hydrogen) atoms. The van der Waals surface area contributed by atoms with E-state index in [-0.39, 0.29) is 11.7 Å². The summed E-state index contributed by atoms with van der Waals surface area (Å²) in [6.45, 7) is 3.46. The second-order valence-electron chi connectivity index (χ2n) is 6.25. The summed E-state index contributed by atoms with van der Waals surface area (Å²) in [4.78, 5) is 18.9. The Bertz CT molecular complexity index is 789. The van der Waals surface area contributed by atoms with Crippen LogP contribution in [0.15, 0.2) is 30.3 Å². The number of rotatable bonds is 4. The molecule has 0 radical (unpaired) electrons. The number of methoxy groups -OCH3 is 1. The lowest BCUT2D eigenvalue weighted by atomic mass is 9.85. The van der Waals surface area contributed by atoms with Gasteiger partial charge in [-0.25, -0.2) is 9.97 Å². The Labute approximate surface area is 143 Å². The van der Waals surface area contributed by atoms with E-state index in [0.717, 1.165) is 11.6 Å². The van der Waals surface area contributed by atoms with Crippen molar-refractivity contribution in [2.24, 2.45) is 5.41 Å². The van der Waals surface area contributed by atoms with E-state index < -0.39 is 23.2 Å². The number of hydrogen-bond donors (Lipinski definition) is 1. The molecule has 2 N–H and O–H groups in total. The van der Waals surface area contributed by atoms with Gasteiger partial charge in [0.25, 0.3) is 0 Å². The number of nitrogens with two attached hydrogens (primary N) is 1. The number of alkyl halides is 3. The van der Waals surface area contributed by atoms with Crippen molar-refractivity contribution in [3.63, 3.8) is 0 Å². The summed E-state index contributed by atoms with van der Waals surface area (Å²) in [5.41, 5.74) is 4.82. The smallest absolute Gasteiger partial charge is 0.433 e. The van der Waals surface area contributed by atoms with E-state index in [1.807, 2.05) is 0 Å². The number of carbonyl (C=O) groups is 1. The van der Waals surface area contributed by atoms with E-state index in [0.29, 0.717) is 12.0 Å². The summed E-state index contributed by atoms with van der Waals surface area (Å²) in [5.74, 6) is -0.825. The zero-order valence-electron chi connectivity index (χ0n) is 14.0. The number of hydrogen-bond acceptors (Lipinski definition) is 5. The molecule has 0 unspecified atom stereocenters. The van der Waals surface area contributed by atoms with Crippen LogP contribution < -0.4 is 5.73 Å². The Kier molecular flexibility index (Phi) is 5.01. The Morgan fingerprint density at radius 2 is 1.88 bits per heavy atom. The van der Waals surface area contributed by atoms with Crippen LogP contribution in [0.3, 0.4) is 0 Å².